The Balaban J connectivity index is 2.20. The molecule has 1 saturated carbocycles. The molecule has 0 aliphatic heterocycles. The first-order chi connectivity index (χ1) is 6.74. The summed E-state index contributed by atoms with van der Waals surface area (Å²) in [5.41, 5.74) is 0. The van der Waals surface area contributed by atoms with Crippen LogP contribution in [0, 0.1) is 0 Å². The Kier molecular flexibility index (Phi) is 6.06. The maximum atomic E-state index is 3.51. The highest BCUT2D eigenvalue weighted by Crippen LogP contribution is 2.24. The van der Waals surface area contributed by atoms with E-state index in [2.05, 4.69) is 39.8 Å². The van der Waals surface area contributed by atoms with Gasteiger partial charge in [0.2, 0.25) is 0 Å². The lowest BCUT2D eigenvalue weighted by Gasteiger charge is -2.38. The Morgan fingerprint density at radius 2 is 1.86 bits per heavy atom. The standard InChI is InChI=1S/C11H23BrN2/c1-13(2)9-10-14(8-4-7-12)11-5-3-6-11/h11H,3-10H2,1-2H3. The van der Waals surface area contributed by atoms with E-state index in [1.165, 1.54) is 45.3 Å². The predicted molar refractivity (Wildman–Crippen MR) is 66.2 cm³/mol. The molecule has 1 rings (SSSR count). The van der Waals surface area contributed by atoms with E-state index in [9.17, 15) is 0 Å². The van der Waals surface area contributed by atoms with E-state index in [1.807, 2.05) is 0 Å². The molecule has 0 amide bonds. The number of hydrogen-bond acceptors (Lipinski definition) is 2. The highest BCUT2D eigenvalue weighted by molar-refractivity contribution is 9.09. The van der Waals surface area contributed by atoms with Gasteiger partial charge in [-0.05, 0) is 39.9 Å². The van der Waals surface area contributed by atoms with E-state index in [4.69, 9.17) is 0 Å². The monoisotopic (exact) mass is 262 g/mol. The molecule has 0 bridgehead atoms. The summed E-state index contributed by atoms with van der Waals surface area (Å²) in [6.07, 6.45) is 5.58. The van der Waals surface area contributed by atoms with Crippen LogP contribution in [0.4, 0.5) is 0 Å². The van der Waals surface area contributed by atoms with Crippen LogP contribution in [0.2, 0.25) is 0 Å². The first-order valence-electron chi connectivity index (χ1n) is 5.69. The summed E-state index contributed by atoms with van der Waals surface area (Å²) in [5, 5.41) is 1.14. The van der Waals surface area contributed by atoms with Crippen molar-refractivity contribution in [2.45, 2.75) is 31.7 Å². The van der Waals surface area contributed by atoms with Crippen LogP contribution in [0.1, 0.15) is 25.7 Å². The van der Waals surface area contributed by atoms with Gasteiger partial charge < -0.3 is 4.90 Å². The predicted octanol–water partition coefficient (Wildman–Crippen LogP) is 2.19. The molecule has 0 aromatic carbocycles. The highest BCUT2D eigenvalue weighted by Gasteiger charge is 2.23. The van der Waals surface area contributed by atoms with Crippen LogP contribution in [0.15, 0.2) is 0 Å². The van der Waals surface area contributed by atoms with E-state index in [1.54, 1.807) is 0 Å². The minimum atomic E-state index is 0.897. The average Bonchev–Trinajstić information content (AvgIpc) is 2.06. The van der Waals surface area contributed by atoms with Crippen LogP contribution >= 0.6 is 15.9 Å². The Morgan fingerprint density at radius 1 is 1.14 bits per heavy atom. The summed E-state index contributed by atoms with van der Waals surface area (Å²) < 4.78 is 0. The number of nitrogens with zero attached hydrogens (tertiary/aromatic N) is 2. The SMILES string of the molecule is CN(C)CCN(CCCBr)C1CCC1. The van der Waals surface area contributed by atoms with Crippen LogP contribution in [-0.2, 0) is 0 Å². The third kappa shape index (κ3) is 4.28. The first-order valence-corrected chi connectivity index (χ1v) is 6.81. The molecule has 1 fully saturated rings. The summed E-state index contributed by atoms with van der Waals surface area (Å²) in [4.78, 5) is 4.95. The van der Waals surface area contributed by atoms with Crippen molar-refractivity contribution in [2.24, 2.45) is 0 Å². The zero-order valence-corrected chi connectivity index (χ0v) is 11.1. The minimum absolute atomic E-state index is 0.897. The van der Waals surface area contributed by atoms with Crippen LogP contribution in [0.25, 0.3) is 0 Å². The summed E-state index contributed by atoms with van der Waals surface area (Å²) in [5.74, 6) is 0. The Labute approximate surface area is 96.8 Å². The van der Waals surface area contributed by atoms with Gasteiger partial charge in [-0.3, -0.25) is 4.90 Å². The van der Waals surface area contributed by atoms with Gasteiger partial charge in [0.1, 0.15) is 0 Å². The fourth-order valence-electron chi connectivity index (χ4n) is 1.82. The third-order valence-electron chi connectivity index (χ3n) is 3.00. The summed E-state index contributed by atoms with van der Waals surface area (Å²) in [7, 11) is 4.31. The zero-order valence-electron chi connectivity index (χ0n) is 9.51. The van der Waals surface area contributed by atoms with Crippen molar-refractivity contribution < 1.29 is 0 Å². The second-order valence-electron chi connectivity index (χ2n) is 4.47. The Morgan fingerprint density at radius 3 is 2.29 bits per heavy atom. The van der Waals surface area contributed by atoms with Crippen LogP contribution in [-0.4, -0.2) is 54.9 Å². The Hall–Kier alpha value is 0.400. The van der Waals surface area contributed by atoms with Crippen LogP contribution in [0.3, 0.4) is 0 Å². The zero-order chi connectivity index (χ0) is 10.4. The molecule has 0 unspecified atom stereocenters. The lowest BCUT2D eigenvalue weighted by atomic mass is 9.91. The van der Waals surface area contributed by atoms with Crippen LogP contribution in [0.5, 0.6) is 0 Å². The number of halogens is 1. The number of likely N-dealkylation sites (N-methyl/N-ethyl adjacent to an activating group) is 1. The quantitative estimate of drug-likeness (QED) is 0.650. The fourth-order valence-corrected chi connectivity index (χ4v) is 2.07. The first kappa shape index (κ1) is 12.5. The van der Waals surface area contributed by atoms with Gasteiger partial charge in [-0.25, -0.2) is 0 Å². The third-order valence-corrected chi connectivity index (χ3v) is 3.57. The number of hydrogen-bond donors (Lipinski definition) is 0. The molecule has 0 spiro atoms. The lowest BCUT2D eigenvalue weighted by Crippen LogP contribution is -2.44. The molecule has 0 aromatic rings. The molecule has 14 heavy (non-hydrogen) atoms. The van der Waals surface area contributed by atoms with E-state index in [0.29, 0.717) is 0 Å². The van der Waals surface area contributed by atoms with Crippen molar-refractivity contribution in [2.75, 3.05) is 39.1 Å². The lowest BCUT2D eigenvalue weighted by molar-refractivity contribution is 0.118. The van der Waals surface area contributed by atoms with Crippen molar-refractivity contribution in [1.29, 1.82) is 0 Å². The molecule has 0 heterocycles. The van der Waals surface area contributed by atoms with Crippen molar-refractivity contribution >= 4 is 15.9 Å². The van der Waals surface area contributed by atoms with Gasteiger partial charge in [-0.15, -0.1) is 0 Å². The van der Waals surface area contributed by atoms with Gasteiger partial charge in [0.15, 0.2) is 0 Å². The molecule has 0 N–H and O–H groups in total. The second-order valence-corrected chi connectivity index (χ2v) is 5.26. The highest BCUT2D eigenvalue weighted by atomic mass is 79.9. The fraction of sp³-hybridized carbons (Fsp3) is 1.00. The van der Waals surface area contributed by atoms with Gasteiger partial charge in [-0.2, -0.15) is 0 Å². The molecule has 0 saturated heterocycles. The van der Waals surface area contributed by atoms with Crippen molar-refractivity contribution in [3.63, 3.8) is 0 Å². The van der Waals surface area contributed by atoms with E-state index in [-0.39, 0.29) is 0 Å². The van der Waals surface area contributed by atoms with Gasteiger partial charge >= 0.3 is 0 Å². The second kappa shape index (κ2) is 6.81. The molecular weight excluding hydrogens is 240 g/mol. The molecule has 3 heteroatoms. The maximum Gasteiger partial charge on any atom is 0.0112 e. The van der Waals surface area contributed by atoms with Crippen molar-refractivity contribution in [3.05, 3.63) is 0 Å². The maximum absolute atomic E-state index is 3.51. The largest absolute Gasteiger partial charge is 0.308 e. The molecular formula is C11H23BrN2. The smallest absolute Gasteiger partial charge is 0.0112 e. The molecule has 0 atom stereocenters. The van der Waals surface area contributed by atoms with Gasteiger partial charge in [0, 0.05) is 24.5 Å². The molecule has 2 nitrogen and oxygen atoms in total. The normalized spacial score (nSPS) is 17.8. The topological polar surface area (TPSA) is 6.48 Å². The molecule has 0 radical (unpaired) electrons. The van der Waals surface area contributed by atoms with Gasteiger partial charge in [-0.1, -0.05) is 22.4 Å². The summed E-state index contributed by atoms with van der Waals surface area (Å²) >= 11 is 3.51. The van der Waals surface area contributed by atoms with Crippen molar-refractivity contribution in [3.8, 4) is 0 Å². The minimum Gasteiger partial charge on any atom is -0.308 e. The Bertz CT molecular complexity index is 146. The molecule has 0 aromatic heterocycles. The molecule has 1 aliphatic carbocycles. The average molecular weight is 263 g/mol. The van der Waals surface area contributed by atoms with E-state index in [0.717, 1.165) is 11.4 Å². The molecule has 84 valence electrons. The van der Waals surface area contributed by atoms with Gasteiger partial charge in [0.05, 0.1) is 0 Å². The van der Waals surface area contributed by atoms with E-state index < -0.39 is 0 Å². The number of rotatable bonds is 7. The summed E-state index contributed by atoms with van der Waals surface area (Å²) in [6, 6.07) is 0.897. The molecule has 1 aliphatic rings. The van der Waals surface area contributed by atoms with Crippen LogP contribution < -0.4 is 0 Å². The number of alkyl halides is 1. The van der Waals surface area contributed by atoms with E-state index >= 15 is 0 Å². The van der Waals surface area contributed by atoms with Crippen molar-refractivity contribution in [1.82, 2.24) is 9.80 Å². The summed E-state index contributed by atoms with van der Waals surface area (Å²) in [6.45, 7) is 3.70. The van der Waals surface area contributed by atoms with Gasteiger partial charge in [0.25, 0.3) is 0 Å².